The third-order valence-corrected chi connectivity index (χ3v) is 4.78. The van der Waals surface area contributed by atoms with Gasteiger partial charge in [-0.1, -0.05) is 30.3 Å². The molecule has 0 aromatic heterocycles. The van der Waals surface area contributed by atoms with Crippen LogP contribution in [-0.2, 0) is 6.54 Å². The van der Waals surface area contributed by atoms with Gasteiger partial charge in [0.2, 0.25) is 0 Å². The molecule has 3 heteroatoms. The Morgan fingerprint density at radius 3 is 2.62 bits per heavy atom. The Morgan fingerprint density at radius 2 is 1.95 bits per heavy atom. The molecule has 0 radical (unpaired) electrons. The third kappa shape index (κ3) is 2.76. The molecule has 3 rings (SSSR count). The molecule has 2 N–H and O–H groups in total. The van der Waals surface area contributed by atoms with Crippen molar-refractivity contribution in [2.24, 2.45) is 5.73 Å². The lowest BCUT2D eigenvalue weighted by Gasteiger charge is -2.28. The van der Waals surface area contributed by atoms with Gasteiger partial charge in [-0.2, -0.15) is 0 Å². The zero-order chi connectivity index (χ0) is 14.8. The summed E-state index contributed by atoms with van der Waals surface area (Å²) in [5.41, 5.74) is 8.40. The Balaban J connectivity index is 1.92. The van der Waals surface area contributed by atoms with E-state index < -0.39 is 0 Å². The molecule has 0 saturated carbocycles. The Labute approximate surface area is 127 Å². The molecule has 112 valence electrons. The standard InChI is InChI=1S/C18H25N3/c1-20-11-5-6-15(20)13-21(2)18-10-9-14(12-19)16-7-3-4-8-17(16)18/h3-4,7-10,15H,5-6,11-13,19H2,1-2H3. The summed E-state index contributed by atoms with van der Waals surface area (Å²) in [5.74, 6) is 0. The van der Waals surface area contributed by atoms with Gasteiger partial charge in [-0.3, -0.25) is 0 Å². The molecule has 1 saturated heterocycles. The van der Waals surface area contributed by atoms with Crippen molar-refractivity contribution in [1.82, 2.24) is 4.90 Å². The highest BCUT2D eigenvalue weighted by Crippen LogP contribution is 2.29. The van der Waals surface area contributed by atoms with Crippen LogP contribution in [0.5, 0.6) is 0 Å². The van der Waals surface area contributed by atoms with Gasteiger partial charge >= 0.3 is 0 Å². The first kappa shape index (κ1) is 14.4. The minimum Gasteiger partial charge on any atom is -0.373 e. The van der Waals surface area contributed by atoms with E-state index in [1.807, 2.05) is 0 Å². The van der Waals surface area contributed by atoms with Gasteiger partial charge < -0.3 is 15.5 Å². The monoisotopic (exact) mass is 283 g/mol. The van der Waals surface area contributed by atoms with Crippen molar-refractivity contribution in [3.8, 4) is 0 Å². The predicted molar refractivity (Wildman–Crippen MR) is 90.8 cm³/mol. The maximum Gasteiger partial charge on any atom is 0.0444 e. The van der Waals surface area contributed by atoms with Crippen LogP contribution in [0.3, 0.4) is 0 Å². The van der Waals surface area contributed by atoms with Crippen LogP contribution in [-0.4, -0.2) is 38.1 Å². The highest BCUT2D eigenvalue weighted by atomic mass is 15.2. The molecule has 1 atom stereocenters. The molecule has 0 spiro atoms. The quantitative estimate of drug-likeness (QED) is 0.936. The van der Waals surface area contributed by atoms with Gasteiger partial charge in [-0.05, 0) is 43.5 Å². The smallest absolute Gasteiger partial charge is 0.0444 e. The van der Waals surface area contributed by atoms with Gasteiger partial charge in [0, 0.05) is 37.3 Å². The van der Waals surface area contributed by atoms with Gasteiger partial charge in [0.05, 0.1) is 0 Å². The van der Waals surface area contributed by atoms with Crippen LogP contribution in [0.15, 0.2) is 36.4 Å². The lowest BCUT2D eigenvalue weighted by Crippen LogP contribution is -2.36. The Morgan fingerprint density at radius 1 is 1.19 bits per heavy atom. The zero-order valence-corrected chi connectivity index (χ0v) is 13.0. The first-order valence-corrected chi connectivity index (χ1v) is 7.83. The first-order chi connectivity index (χ1) is 10.2. The third-order valence-electron chi connectivity index (χ3n) is 4.78. The van der Waals surface area contributed by atoms with Gasteiger partial charge in [0.15, 0.2) is 0 Å². The number of nitrogens with two attached hydrogens (primary N) is 1. The zero-order valence-electron chi connectivity index (χ0n) is 13.0. The van der Waals surface area contributed by atoms with E-state index in [1.165, 1.54) is 41.4 Å². The second-order valence-corrected chi connectivity index (χ2v) is 6.15. The summed E-state index contributed by atoms with van der Waals surface area (Å²) >= 11 is 0. The molecule has 21 heavy (non-hydrogen) atoms. The highest BCUT2D eigenvalue weighted by Gasteiger charge is 2.22. The van der Waals surface area contributed by atoms with Gasteiger partial charge in [0.1, 0.15) is 0 Å². The van der Waals surface area contributed by atoms with Crippen LogP contribution in [0, 0.1) is 0 Å². The van der Waals surface area contributed by atoms with E-state index in [1.54, 1.807) is 0 Å². The highest BCUT2D eigenvalue weighted by molar-refractivity contribution is 5.96. The van der Waals surface area contributed by atoms with Crippen molar-refractivity contribution in [3.05, 3.63) is 42.0 Å². The predicted octanol–water partition coefficient (Wildman–Crippen LogP) is 2.83. The minimum atomic E-state index is 0.593. The van der Waals surface area contributed by atoms with Crippen molar-refractivity contribution in [2.75, 3.05) is 32.1 Å². The summed E-state index contributed by atoms with van der Waals surface area (Å²) in [5, 5.41) is 2.59. The number of hydrogen-bond donors (Lipinski definition) is 1. The number of likely N-dealkylation sites (N-methyl/N-ethyl adjacent to an activating group) is 2. The van der Waals surface area contributed by atoms with Gasteiger partial charge in [0.25, 0.3) is 0 Å². The van der Waals surface area contributed by atoms with E-state index >= 15 is 0 Å². The number of benzene rings is 2. The van der Waals surface area contributed by atoms with Crippen LogP contribution in [0.1, 0.15) is 18.4 Å². The fraction of sp³-hybridized carbons (Fsp3) is 0.444. The second kappa shape index (κ2) is 6.04. The number of likely N-dealkylation sites (tertiary alicyclic amines) is 1. The summed E-state index contributed by atoms with van der Waals surface area (Å²) in [7, 11) is 4.44. The molecule has 2 aromatic rings. The lowest BCUT2D eigenvalue weighted by atomic mass is 10.0. The van der Waals surface area contributed by atoms with Crippen LogP contribution in [0.2, 0.25) is 0 Å². The van der Waals surface area contributed by atoms with E-state index in [4.69, 9.17) is 5.73 Å². The normalized spacial score (nSPS) is 19.3. The number of anilines is 1. The van der Waals surface area contributed by atoms with E-state index in [-0.39, 0.29) is 0 Å². The van der Waals surface area contributed by atoms with E-state index in [9.17, 15) is 0 Å². The van der Waals surface area contributed by atoms with Crippen LogP contribution < -0.4 is 10.6 Å². The fourth-order valence-corrected chi connectivity index (χ4v) is 3.48. The summed E-state index contributed by atoms with van der Waals surface area (Å²) in [4.78, 5) is 4.88. The van der Waals surface area contributed by atoms with Crippen molar-refractivity contribution in [3.63, 3.8) is 0 Å². The molecule has 2 aromatic carbocycles. The molecule has 1 aliphatic rings. The molecule has 0 amide bonds. The summed E-state index contributed by atoms with van der Waals surface area (Å²) in [6.45, 7) is 2.91. The molecule has 0 bridgehead atoms. The largest absolute Gasteiger partial charge is 0.373 e. The van der Waals surface area contributed by atoms with Crippen LogP contribution in [0.4, 0.5) is 5.69 Å². The molecular weight excluding hydrogens is 258 g/mol. The number of rotatable bonds is 4. The molecule has 1 aliphatic heterocycles. The number of nitrogens with zero attached hydrogens (tertiary/aromatic N) is 2. The molecule has 0 aliphatic carbocycles. The SMILES string of the molecule is CN(CC1CCCN1C)c1ccc(CN)c2ccccc12. The molecule has 1 heterocycles. The minimum absolute atomic E-state index is 0.593. The fourth-order valence-electron chi connectivity index (χ4n) is 3.48. The van der Waals surface area contributed by atoms with Crippen LogP contribution in [0.25, 0.3) is 10.8 Å². The van der Waals surface area contributed by atoms with E-state index in [2.05, 4.69) is 60.3 Å². The maximum atomic E-state index is 5.87. The summed E-state index contributed by atoms with van der Waals surface area (Å²) in [6.07, 6.45) is 2.63. The average Bonchev–Trinajstić information content (AvgIpc) is 2.91. The number of hydrogen-bond acceptors (Lipinski definition) is 3. The van der Waals surface area contributed by atoms with E-state index in [0.29, 0.717) is 12.6 Å². The molecular formula is C18H25N3. The summed E-state index contributed by atoms with van der Waals surface area (Å²) < 4.78 is 0. The Kier molecular flexibility index (Phi) is 4.13. The van der Waals surface area contributed by atoms with Crippen molar-refractivity contribution < 1.29 is 0 Å². The average molecular weight is 283 g/mol. The van der Waals surface area contributed by atoms with Crippen LogP contribution >= 0.6 is 0 Å². The van der Waals surface area contributed by atoms with Gasteiger partial charge in [-0.15, -0.1) is 0 Å². The Bertz CT molecular complexity index is 623. The van der Waals surface area contributed by atoms with Crippen molar-refractivity contribution >= 4 is 16.5 Å². The topological polar surface area (TPSA) is 32.5 Å². The lowest BCUT2D eigenvalue weighted by molar-refractivity contribution is 0.314. The molecule has 1 unspecified atom stereocenters. The summed E-state index contributed by atoms with van der Waals surface area (Å²) in [6, 6.07) is 13.7. The maximum absolute atomic E-state index is 5.87. The molecule has 1 fully saturated rings. The Hall–Kier alpha value is -1.58. The van der Waals surface area contributed by atoms with E-state index in [0.717, 1.165) is 6.54 Å². The molecule has 3 nitrogen and oxygen atoms in total. The first-order valence-electron chi connectivity index (χ1n) is 7.83. The van der Waals surface area contributed by atoms with Crippen molar-refractivity contribution in [2.45, 2.75) is 25.4 Å². The van der Waals surface area contributed by atoms with Crippen molar-refractivity contribution in [1.29, 1.82) is 0 Å². The van der Waals surface area contributed by atoms with Gasteiger partial charge in [-0.25, -0.2) is 0 Å². The number of fused-ring (bicyclic) bond motifs is 1. The second-order valence-electron chi connectivity index (χ2n) is 6.15.